The zero-order chi connectivity index (χ0) is 13.1. The Morgan fingerprint density at radius 3 is 2.33 bits per heavy atom. The minimum absolute atomic E-state index is 0.0930. The van der Waals surface area contributed by atoms with Gasteiger partial charge in [0.1, 0.15) is 11.6 Å². The van der Waals surface area contributed by atoms with Crippen molar-refractivity contribution in [2.24, 2.45) is 0 Å². The lowest BCUT2D eigenvalue weighted by Gasteiger charge is -2.04. The average molecular weight is 305 g/mol. The largest absolute Gasteiger partial charge is 0.205 e. The molecule has 0 bridgehead atoms. The summed E-state index contributed by atoms with van der Waals surface area (Å²) in [6.45, 7) is 0. The Labute approximate surface area is 118 Å². The van der Waals surface area contributed by atoms with E-state index in [1.807, 2.05) is 0 Å². The quantitative estimate of drug-likeness (QED) is 0.669. The van der Waals surface area contributed by atoms with E-state index in [1.54, 1.807) is 18.2 Å². The molecule has 0 aliphatic heterocycles. The van der Waals surface area contributed by atoms with Crippen molar-refractivity contribution < 1.29 is 8.78 Å². The Hall–Kier alpha value is -0.770. The molecule has 0 aliphatic rings. The number of hydrogen-bond acceptors (Lipinski definition) is 1. The molecule has 18 heavy (non-hydrogen) atoms. The van der Waals surface area contributed by atoms with E-state index in [0.29, 0.717) is 5.75 Å². The van der Waals surface area contributed by atoms with Gasteiger partial charge in [-0.25, -0.2) is 8.78 Å². The molecule has 5 heteroatoms. The Bertz CT molecular complexity index is 521. The first-order valence-corrected chi connectivity index (χ1v) is 6.82. The maximum atomic E-state index is 13.2. The van der Waals surface area contributed by atoms with Crippen LogP contribution in [0.1, 0.15) is 5.56 Å². The van der Waals surface area contributed by atoms with Crippen LogP contribution in [0, 0.1) is 11.6 Å². The second-order valence-electron chi connectivity index (χ2n) is 3.61. The number of hydrogen-bond donors (Lipinski definition) is 0. The molecule has 2 aromatic carbocycles. The highest BCUT2D eigenvalue weighted by Crippen LogP contribution is 2.27. The van der Waals surface area contributed by atoms with Gasteiger partial charge in [0.05, 0.1) is 10.0 Å². The van der Waals surface area contributed by atoms with Crippen molar-refractivity contribution in [1.29, 1.82) is 0 Å². The van der Waals surface area contributed by atoms with E-state index in [0.717, 1.165) is 10.5 Å². The average Bonchev–Trinajstić information content (AvgIpc) is 2.35. The molecule has 0 unspecified atom stereocenters. The second-order valence-corrected chi connectivity index (χ2v) is 5.48. The van der Waals surface area contributed by atoms with Gasteiger partial charge in [0, 0.05) is 10.6 Å². The third kappa shape index (κ3) is 3.37. The topological polar surface area (TPSA) is 0 Å². The van der Waals surface area contributed by atoms with Gasteiger partial charge in [0.25, 0.3) is 0 Å². The standard InChI is InChI=1S/C13H8Cl2F2S/c14-10-3-2-9(6-13(10)17)18-7-8-1-4-12(16)11(15)5-8/h1-6H,7H2. The van der Waals surface area contributed by atoms with Gasteiger partial charge in [-0.05, 0) is 35.9 Å². The van der Waals surface area contributed by atoms with Crippen LogP contribution in [0.5, 0.6) is 0 Å². The number of rotatable bonds is 3. The van der Waals surface area contributed by atoms with Gasteiger partial charge in [0.15, 0.2) is 0 Å². The molecule has 2 aromatic rings. The van der Waals surface area contributed by atoms with Crippen molar-refractivity contribution in [3.8, 4) is 0 Å². The van der Waals surface area contributed by atoms with Gasteiger partial charge >= 0.3 is 0 Å². The Morgan fingerprint density at radius 2 is 1.67 bits per heavy atom. The molecular weight excluding hydrogens is 297 g/mol. The van der Waals surface area contributed by atoms with Crippen LogP contribution in [-0.2, 0) is 5.75 Å². The first-order chi connectivity index (χ1) is 8.56. The fraction of sp³-hybridized carbons (Fsp3) is 0.0769. The molecule has 2 rings (SSSR count). The fourth-order valence-electron chi connectivity index (χ4n) is 1.36. The maximum absolute atomic E-state index is 13.2. The highest BCUT2D eigenvalue weighted by molar-refractivity contribution is 7.98. The molecular formula is C13H8Cl2F2S. The molecule has 0 aliphatic carbocycles. The van der Waals surface area contributed by atoms with Crippen LogP contribution in [0.25, 0.3) is 0 Å². The van der Waals surface area contributed by atoms with Crippen LogP contribution in [-0.4, -0.2) is 0 Å². The Morgan fingerprint density at radius 1 is 0.889 bits per heavy atom. The number of thioether (sulfide) groups is 1. The number of halogens is 4. The van der Waals surface area contributed by atoms with Crippen LogP contribution < -0.4 is 0 Å². The van der Waals surface area contributed by atoms with Crippen molar-refractivity contribution in [3.05, 3.63) is 63.6 Å². The Kier molecular flexibility index (Phi) is 4.49. The lowest BCUT2D eigenvalue weighted by atomic mass is 10.2. The van der Waals surface area contributed by atoms with Crippen molar-refractivity contribution in [2.45, 2.75) is 10.6 Å². The van der Waals surface area contributed by atoms with Gasteiger partial charge in [-0.3, -0.25) is 0 Å². The van der Waals surface area contributed by atoms with E-state index in [4.69, 9.17) is 23.2 Å². The second kappa shape index (κ2) is 5.91. The van der Waals surface area contributed by atoms with Crippen LogP contribution in [0.15, 0.2) is 41.3 Å². The first kappa shape index (κ1) is 13.7. The highest BCUT2D eigenvalue weighted by atomic mass is 35.5. The third-order valence-corrected chi connectivity index (χ3v) is 3.94. The van der Waals surface area contributed by atoms with Gasteiger partial charge in [-0.15, -0.1) is 11.8 Å². The predicted molar refractivity (Wildman–Crippen MR) is 72.4 cm³/mol. The van der Waals surface area contributed by atoms with Crippen LogP contribution >= 0.6 is 35.0 Å². The zero-order valence-electron chi connectivity index (χ0n) is 9.09. The van der Waals surface area contributed by atoms with Crippen molar-refractivity contribution in [1.82, 2.24) is 0 Å². The lowest BCUT2D eigenvalue weighted by molar-refractivity contribution is 0.624. The van der Waals surface area contributed by atoms with E-state index in [1.165, 1.54) is 30.0 Å². The molecule has 0 saturated heterocycles. The summed E-state index contributed by atoms with van der Waals surface area (Å²) in [5.41, 5.74) is 0.877. The molecule has 0 radical (unpaired) electrons. The minimum atomic E-state index is -0.446. The van der Waals surface area contributed by atoms with E-state index in [-0.39, 0.29) is 10.0 Å². The van der Waals surface area contributed by atoms with E-state index in [2.05, 4.69) is 0 Å². The lowest BCUT2D eigenvalue weighted by Crippen LogP contribution is -1.84. The normalized spacial score (nSPS) is 10.7. The molecule has 94 valence electrons. The summed E-state index contributed by atoms with van der Waals surface area (Å²) in [6.07, 6.45) is 0. The highest BCUT2D eigenvalue weighted by Gasteiger charge is 2.04. The molecule has 0 N–H and O–H groups in total. The van der Waals surface area contributed by atoms with Crippen molar-refractivity contribution in [3.63, 3.8) is 0 Å². The van der Waals surface area contributed by atoms with Crippen molar-refractivity contribution >= 4 is 35.0 Å². The van der Waals surface area contributed by atoms with Crippen molar-refractivity contribution in [2.75, 3.05) is 0 Å². The molecule has 0 atom stereocenters. The summed E-state index contributed by atoms with van der Waals surface area (Å²) in [7, 11) is 0. The molecule has 0 nitrogen and oxygen atoms in total. The van der Waals surface area contributed by atoms with E-state index < -0.39 is 11.6 Å². The van der Waals surface area contributed by atoms with Gasteiger partial charge in [-0.2, -0.15) is 0 Å². The van der Waals surface area contributed by atoms with Crippen LogP contribution in [0.4, 0.5) is 8.78 Å². The van der Waals surface area contributed by atoms with E-state index in [9.17, 15) is 8.78 Å². The molecule has 0 heterocycles. The smallest absolute Gasteiger partial charge is 0.142 e. The predicted octanol–water partition coefficient (Wildman–Crippen LogP) is 5.56. The Balaban J connectivity index is 2.06. The summed E-state index contributed by atoms with van der Waals surface area (Å²) in [4.78, 5) is 0.761. The summed E-state index contributed by atoms with van der Waals surface area (Å²) in [6, 6.07) is 9.16. The summed E-state index contributed by atoms with van der Waals surface area (Å²) in [5, 5.41) is 0.194. The molecule has 0 saturated carbocycles. The monoisotopic (exact) mass is 304 g/mol. The van der Waals surface area contributed by atoms with E-state index >= 15 is 0 Å². The SMILES string of the molecule is Fc1cc(SCc2ccc(F)c(Cl)c2)ccc1Cl. The maximum Gasteiger partial charge on any atom is 0.142 e. The summed E-state index contributed by atoms with van der Waals surface area (Å²) in [5.74, 6) is -0.303. The van der Waals surface area contributed by atoms with Crippen LogP contribution in [0.2, 0.25) is 10.0 Å². The van der Waals surface area contributed by atoms with Gasteiger partial charge in [0.2, 0.25) is 0 Å². The summed E-state index contributed by atoms with van der Waals surface area (Å²) < 4.78 is 26.2. The summed E-state index contributed by atoms with van der Waals surface area (Å²) >= 11 is 12.7. The third-order valence-electron chi connectivity index (χ3n) is 2.28. The molecule has 0 fully saturated rings. The molecule has 0 amide bonds. The first-order valence-electron chi connectivity index (χ1n) is 5.08. The molecule has 0 spiro atoms. The molecule has 0 aromatic heterocycles. The number of benzene rings is 2. The fourth-order valence-corrected chi connectivity index (χ4v) is 2.55. The zero-order valence-corrected chi connectivity index (χ0v) is 11.4. The van der Waals surface area contributed by atoms with Crippen LogP contribution in [0.3, 0.4) is 0 Å². The van der Waals surface area contributed by atoms with Gasteiger partial charge in [-0.1, -0.05) is 29.3 Å². The van der Waals surface area contributed by atoms with Gasteiger partial charge < -0.3 is 0 Å². The minimum Gasteiger partial charge on any atom is -0.205 e.